The lowest BCUT2D eigenvalue weighted by molar-refractivity contribution is -0.161. The topological polar surface area (TPSA) is 98.2 Å². The molecule has 0 radical (unpaired) electrons. The molecule has 2 N–H and O–H groups in total. The summed E-state index contributed by atoms with van der Waals surface area (Å²) in [5, 5.41) is 17.0. The summed E-state index contributed by atoms with van der Waals surface area (Å²) in [7, 11) is -2.11. The van der Waals surface area contributed by atoms with Crippen LogP contribution in [0.25, 0.3) is 0 Å². The highest BCUT2D eigenvalue weighted by Gasteiger charge is 2.35. The Morgan fingerprint density at radius 2 is 1.23 bits per heavy atom. The van der Waals surface area contributed by atoms with Crippen molar-refractivity contribution >= 4 is 22.6 Å². The molecule has 0 spiro atoms. The van der Waals surface area contributed by atoms with E-state index in [0.29, 0.717) is 10.1 Å². The van der Waals surface area contributed by atoms with Crippen LogP contribution in [0.5, 0.6) is 0 Å². The van der Waals surface area contributed by atoms with Crippen molar-refractivity contribution in [2.75, 3.05) is 13.1 Å². The number of nitrogens with zero attached hydrogens (tertiary/aromatic N) is 2. The SMILES string of the molecule is C=CCN(O)C(=O)C(C=C)S(=O)[C@@H](C=C)C(=O)N(O)CC=C. The third-order valence-corrected chi connectivity index (χ3v) is 4.32. The van der Waals surface area contributed by atoms with E-state index in [-0.39, 0.29) is 13.1 Å². The minimum atomic E-state index is -2.11. The van der Waals surface area contributed by atoms with E-state index in [4.69, 9.17) is 0 Å². The Labute approximate surface area is 131 Å². The molecule has 0 aliphatic heterocycles. The number of carbonyl (C=O) groups excluding carboxylic acids is 2. The smallest absolute Gasteiger partial charge is 0.265 e. The molecule has 0 aliphatic carbocycles. The molecule has 2 amide bonds. The van der Waals surface area contributed by atoms with Gasteiger partial charge in [-0.05, 0) is 0 Å². The fourth-order valence-electron chi connectivity index (χ4n) is 1.47. The molecular formula is C14H20N2O5S. The fourth-order valence-corrected chi connectivity index (χ4v) is 2.80. The van der Waals surface area contributed by atoms with Crippen LogP contribution >= 0.6 is 0 Å². The van der Waals surface area contributed by atoms with Gasteiger partial charge in [-0.3, -0.25) is 24.2 Å². The average molecular weight is 328 g/mol. The Kier molecular flexibility index (Phi) is 8.92. The molecule has 0 aliphatic rings. The molecule has 122 valence electrons. The first-order valence-electron chi connectivity index (χ1n) is 6.22. The van der Waals surface area contributed by atoms with Crippen molar-refractivity contribution in [2.24, 2.45) is 0 Å². The van der Waals surface area contributed by atoms with E-state index in [1.54, 1.807) is 0 Å². The number of amides is 2. The number of hydrogen-bond donors (Lipinski definition) is 2. The van der Waals surface area contributed by atoms with Crippen LogP contribution < -0.4 is 0 Å². The van der Waals surface area contributed by atoms with Crippen LogP contribution in [-0.4, -0.2) is 60.2 Å². The average Bonchev–Trinajstić information content (AvgIpc) is 2.48. The van der Waals surface area contributed by atoms with Crippen molar-refractivity contribution in [3.05, 3.63) is 50.6 Å². The largest absolute Gasteiger partial charge is 0.286 e. The van der Waals surface area contributed by atoms with Crippen molar-refractivity contribution in [1.29, 1.82) is 0 Å². The van der Waals surface area contributed by atoms with Gasteiger partial charge in [-0.2, -0.15) is 0 Å². The zero-order valence-corrected chi connectivity index (χ0v) is 12.9. The number of rotatable bonds is 10. The molecule has 0 saturated heterocycles. The van der Waals surface area contributed by atoms with E-state index in [0.717, 1.165) is 12.2 Å². The van der Waals surface area contributed by atoms with Crippen LogP contribution in [0.3, 0.4) is 0 Å². The summed E-state index contributed by atoms with van der Waals surface area (Å²) in [5.41, 5.74) is 0. The summed E-state index contributed by atoms with van der Waals surface area (Å²) in [4.78, 5) is 23.9. The van der Waals surface area contributed by atoms with Crippen LogP contribution in [-0.2, 0) is 20.4 Å². The zero-order chi connectivity index (χ0) is 17.3. The second-order valence-electron chi connectivity index (χ2n) is 4.06. The van der Waals surface area contributed by atoms with Crippen molar-refractivity contribution in [3.8, 4) is 0 Å². The molecule has 0 bridgehead atoms. The van der Waals surface area contributed by atoms with Gasteiger partial charge in [0.1, 0.15) is 10.5 Å². The summed E-state index contributed by atoms with van der Waals surface area (Å²) in [6.07, 6.45) is 4.67. The third kappa shape index (κ3) is 5.06. The molecule has 0 saturated carbocycles. The Bertz CT molecular complexity index is 450. The molecule has 22 heavy (non-hydrogen) atoms. The van der Waals surface area contributed by atoms with Gasteiger partial charge in [0.25, 0.3) is 11.8 Å². The zero-order valence-electron chi connectivity index (χ0n) is 12.1. The molecule has 3 atom stereocenters. The lowest BCUT2D eigenvalue weighted by atomic mass is 10.3. The highest BCUT2D eigenvalue weighted by molar-refractivity contribution is 7.88. The normalized spacial score (nSPS) is 14.1. The lowest BCUT2D eigenvalue weighted by Gasteiger charge is -2.23. The first kappa shape index (κ1) is 20.0. The maximum Gasteiger partial charge on any atom is 0.265 e. The van der Waals surface area contributed by atoms with Gasteiger partial charge in [0.2, 0.25) is 0 Å². The Balaban J connectivity index is 5.29. The van der Waals surface area contributed by atoms with E-state index in [1.807, 2.05) is 0 Å². The number of hydrogen-bond acceptors (Lipinski definition) is 5. The van der Waals surface area contributed by atoms with Crippen molar-refractivity contribution in [3.63, 3.8) is 0 Å². The van der Waals surface area contributed by atoms with Gasteiger partial charge in [-0.15, -0.1) is 26.3 Å². The van der Waals surface area contributed by atoms with E-state index < -0.39 is 33.1 Å². The summed E-state index contributed by atoms with van der Waals surface area (Å²) in [6.45, 7) is 13.2. The second-order valence-corrected chi connectivity index (χ2v) is 5.73. The number of carbonyl (C=O) groups is 2. The highest BCUT2D eigenvalue weighted by Crippen LogP contribution is 2.12. The van der Waals surface area contributed by atoms with E-state index in [1.165, 1.54) is 12.2 Å². The van der Waals surface area contributed by atoms with Gasteiger partial charge in [0, 0.05) is 0 Å². The van der Waals surface area contributed by atoms with Crippen LogP contribution in [0.4, 0.5) is 0 Å². The molecular weight excluding hydrogens is 308 g/mol. The molecule has 0 aromatic heterocycles. The van der Waals surface area contributed by atoms with Gasteiger partial charge in [-0.25, -0.2) is 10.1 Å². The molecule has 0 rings (SSSR count). The Morgan fingerprint density at radius 3 is 1.45 bits per heavy atom. The minimum absolute atomic E-state index is 0.171. The monoisotopic (exact) mass is 328 g/mol. The molecule has 0 aromatic rings. The van der Waals surface area contributed by atoms with Crippen LogP contribution in [0.2, 0.25) is 0 Å². The van der Waals surface area contributed by atoms with Crippen molar-refractivity contribution in [1.82, 2.24) is 10.1 Å². The van der Waals surface area contributed by atoms with E-state index in [9.17, 15) is 24.2 Å². The van der Waals surface area contributed by atoms with Crippen molar-refractivity contribution < 1.29 is 24.2 Å². The summed E-state index contributed by atoms with van der Waals surface area (Å²) in [6, 6.07) is 0. The second kappa shape index (κ2) is 9.82. The van der Waals surface area contributed by atoms with Gasteiger partial charge in [0.05, 0.1) is 23.9 Å². The van der Waals surface area contributed by atoms with Gasteiger partial charge < -0.3 is 0 Å². The standard InChI is InChI=1S/C14H20N2O5S/c1-5-9-15(19)13(17)11(7-3)22(21)12(8-4)14(18)16(20)10-6-2/h5-8,11-12,19-20H,1-4,9-10H2/t11-,12?,22?/m0/s1. The summed E-state index contributed by atoms with van der Waals surface area (Å²) >= 11 is 0. The van der Waals surface area contributed by atoms with Crippen molar-refractivity contribution in [2.45, 2.75) is 10.5 Å². The molecule has 0 heterocycles. The lowest BCUT2D eigenvalue weighted by Crippen LogP contribution is -2.45. The van der Waals surface area contributed by atoms with Gasteiger partial charge in [0.15, 0.2) is 0 Å². The van der Waals surface area contributed by atoms with Crippen LogP contribution in [0, 0.1) is 0 Å². The fraction of sp³-hybridized carbons (Fsp3) is 0.286. The van der Waals surface area contributed by atoms with Crippen LogP contribution in [0.1, 0.15) is 0 Å². The maximum atomic E-state index is 12.4. The Hall–Kier alpha value is -2.03. The first-order chi connectivity index (χ1) is 10.3. The van der Waals surface area contributed by atoms with Crippen LogP contribution in [0.15, 0.2) is 50.6 Å². The van der Waals surface area contributed by atoms with Gasteiger partial charge >= 0.3 is 0 Å². The van der Waals surface area contributed by atoms with E-state index >= 15 is 0 Å². The number of hydroxylamine groups is 4. The molecule has 7 nitrogen and oxygen atoms in total. The third-order valence-electron chi connectivity index (χ3n) is 2.53. The molecule has 2 unspecified atom stereocenters. The molecule has 0 aromatic carbocycles. The molecule has 0 fully saturated rings. The maximum absolute atomic E-state index is 12.4. The predicted molar refractivity (Wildman–Crippen MR) is 83.5 cm³/mol. The Morgan fingerprint density at radius 1 is 0.909 bits per heavy atom. The first-order valence-corrected chi connectivity index (χ1v) is 7.50. The van der Waals surface area contributed by atoms with Gasteiger partial charge in [-0.1, -0.05) is 24.3 Å². The van der Waals surface area contributed by atoms with E-state index in [2.05, 4.69) is 26.3 Å². The summed E-state index contributed by atoms with van der Waals surface area (Å²) < 4.78 is 12.4. The quantitative estimate of drug-likeness (QED) is 0.349. The minimum Gasteiger partial charge on any atom is -0.286 e. The predicted octanol–water partition coefficient (Wildman–Crippen LogP) is 0.652. The highest BCUT2D eigenvalue weighted by atomic mass is 32.2. The molecule has 8 heteroatoms. The summed E-state index contributed by atoms with van der Waals surface area (Å²) in [5.74, 6) is -1.80.